The van der Waals surface area contributed by atoms with Crippen LogP contribution in [0.2, 0.25) is 5.15 Å². The van der Waals surface area contributed by atoms with E-state index < -0.39 is 0 Å². The Morgan fingerprint density at radius 3 is 3.21 bits per heavy atom. The lowest BCUT2D eigenvalue weighted by molar-refractivity contribution is -0.121. The van der Waals surface area contributed by atoms with Gasteiger partial charge in [0.2, 0.25) is 5.91 Å². The number of nitrogens with zero attached hydrogens (tertiary/aromatic N) is 5. The standard InChI is InChI=1S/C11H13ClN6O/c1-13-10(19)7-3-2-4-17(7)9-5-8(12)16-11-14-6-15-18(9)11/h5-7H,2-4H2,1H3,(H,13,19). The molecular formula is C11H13ClN6O. The summed E-state index contributed by atoms with van der Waals surface area (Å²) in [5.41, 5.74) is 0. The van der Waals surface area contributed by atoms with Gasteiger partial charge in [-0.1, -0.05) is 11.6 Å². The molecule has 0 spiro atoms. The molecule has 0 aliphatic carbocycles. The van der Waals surface area contributed by atoms with Crippen molar-refractivity contribution in [2.75, 3.05) is 18.5 Å². The van der Waals surface area contributed by atoms with Gasteiger partial charge in [0.05, 0.1) is 0 Å². The highest BCUT2D eigenvalue weighted by Crippen LogP contribution is 2.27. The number of fused-ring (bicyclic) bond motifs is 1. The molecule has 1 aliphatic heterocycles. The van der Waals surface area contributed by atoms with Crippen molar-refractivity contribution in [1.82, 2.24) is 24.9 Å². The number of likely N-dealkylation sites (N-methyl/N-ethyl adjacent to an activating group) is 1. The minimum atomic E-state index is -0.198. The van der Waals surface area contributed by atoms with Gasteiger partial charge in [-0.3, -0.25) is 4.79 Å². The Morgan fingerprint density at radius 1 is 1.58 bits per heavy atom. The highest BCUT2D eigenvalue weighted by molar-refractivity contribution is 6.29. The van der Waals surface area contributed by atoms with Crippen LogP contribution in [0.3, 0.4) is 0 Å². The second kappa shape index (κ2) is 4.65. The van der Waals surface area contributed by atoms with E-state index in [4.69, 9.17) is 11.6 Å². The molecule has 8 heteroatoms. The number of carbonyl (C=O) groups is 1. The van der Waals surface area contributed by atoms with Crippen molar-refractivity contribution in [3.05, 3.63) is 17.5 Å². The maximum absolute atomic E-state index is 11.9. The fourth-order valence-corrected chi connectivity index (χ4v) is 2.63. The first-order chi connectivity index (χ1) is 9.20. The van der Waals surface area contributed by atoms with Gasteiger partial charge in [0, 0.05) is 19.7 Å². The molecule has 1 fully saturated rings. The lowest BCUT2D eigenvalue weighted by Gasteiger charge is -2.25. The number of rotatable bonds is 2. The fraction of sp³-hybridized carbons (Fsp3) is 0.455. The average molecular weight is 281 g/mol. The largest absolute Gasteiger partial charge is 0.357 e. The zero-order valence-corrected chi connectivity index (χ0v) is 11.1. The molecule has 2 aromatic heterocycles. The number of aromatic nitrogens is 4. The average Bonchev–Trinajstić information content (AvgIpc) is 3.04. The summed E-state index contributed by atoms with van der Waals surface area (Å²) in [6.07, 6.45) is 3.19. The maximum atomic E-state index is 11.9. The van der Waals surface area contributed by atoms with Crippen LogP contribution in [0.5, 0.6) is 0 Å². The summed E-state index contributed by atoms with van der Waals surface area (Å²) in [7, 11) is 1.64. The number of anilines is 1. The van der Waals surface area contributed by atoms with Crippen LogP contribution >= 0.6 is 11.6 Å². The van der Waals surface area contributed by atoms with E-state index in [0.717, 1.165) is 25.2 Å². The van der Waals surface area contributed by atoms with Crippen LogP contribution in [0, 0.1) is 0 Å². The molecule has 0 bridgehead atoms. The topological polar surface area (TPSA) is 75.4 Å². The van der Waals surface area contributed by atoms with Crippen molar-refractivity contribution < 1.29 is 4.79 Å². The van der Waals surface area contributed by atoms with Gasteiger partial charge in [0.1, 0.15) is 23.3 Å². The summed E-state index contributed by atoms with van der Waals surface area (Å²) in [6.45, 7) is 0.785. The number of hydrogen-bond acceptors (Lipinski definition) is 5. The number of amides is 1. The molecule has 1 aliphatic rings. The third-order valence-corrected chi connectivity index (χ3v) is 3.49. The molecule has 1 atom stereocenters. The first-order valence-electron chi connectivity index (χ1n) is 6.05. The van der Waals surface area contributed by atoms with Crippen molar-refractivity contribution in [2.45, 2.75) is 18.9 Å². The van der Waals surface area contributed by atoms with E-state index in [-0.39, 0.29) is 11.9 Å². The first-order valence-corrected chi connectivity index (χ1v) is 6.43. The first kappa shape index (κ1) is 12.2. The third-order valence-electron chi connectivity index (χ3n) is 3.30. The highest BCUT2D eigenvalue weighted by atomic mass is 35.5. The smallest absolute Gasteiger partial charge is 0.255 e. The van der Waals surface area contributed by atoms with Crippen molar-refractivity contribution in [3.8, 4) is 0 Å². The Balaban J connectivity index is 2.08. The molecule has 3 rings (SSSR count). The second-order valence-electron chi connectivity index (χ2n) is 4.37. The van der Waals surface area contributed by atoms with E-state index in [2.05, 4.69) is 20.4 Å². The summed E-state index contributed by atoms with van der Waals surface area (Å²) in [6, 6.07) is 1.51. The van der Waals surface area contributed by atoms with E-state index in [1.165, 1.54) is 6.33 Å². The van der Waals surface area contributed by atoms with E-state index in [1.807, 2.05) is 4.90 Å². The quantitative estimate of drug-likeness (QED) is 0.811. The van der Waals surface area contributed by atoms with E-state index in [1.54, 1.807) is 17.6 Å². The van der Waals surface area contributed by atoms with Gasteiger partial charge in [-0.25, -0.2) is 0 Å². The summed E-state index contributed by atoms with van der Waals surface area (Å²) < 4.78 is 1.60. The van der Waals surface area contributed by atoms with Gasteiger partial charge in [0.25, 0.3) is 5.78 Å². The number of halogens is 1. The Kier molecular flexibility index (Phi) is 2.98. The van der Waals surface area contributed by atoms with Gasteiger partial charge in [0.15, 0.2) is 0 Å². The van der Waals surface area contributed by atoms with Crippen LogP contribution in [0.15, 0.2) is 12.4 Å². The molecule has 1 unspecified atom stereocenters. The summed E-state index contributed by atoms with van der Waals surface area (Å²) in [5, 5.41) is 7.17. The summed E-state index contributed by atoms with van der Waals surface area (Å²) in [4.78, 5) is 22.0. The van der Waals surface area contributed by atoms with Gasteiger partial charge < -0.3 is 10.2 Å². The van der Waals surface area contributed by atoms with E-state index >= 15 is 0 Å². The number of hydrogen-bond donors (Lipinski definition) is 1. The molecule has 1 N–H and O–H groups in total. The van der Waals surface area contributed by atoms with Crippen molar-refractivity contribution >= 4 is 29.1 Å². The number of nitrogens with one attached hydrogen (secondary N) is 1. The predicted molar refractivity (Wildman–Crippen MR) is 70.2 cm³/mol. The van der Waals surface area contributed by atoms with Crippen LogP contribution in [-0.4, -0.2) is 45.1 Å². The molecule has 1 saturated heterocycles. The molecule has 0 radical (unpaired) electrons. The van der Waals surface area contributed by atoms with Crippen molar-refractivity contribution in [1.29, 1.82) is 0 Å². The van der Waals surface area contributed by atoms with Crippen LogP contribution in [0.4, 0.5) is 5.82 Å². The molecule has 0 saturated carbocycles. The second-order valence-corrected chi connectivity index (χ2v) is 4.76. The molecular weight excluding hydrogens is 268 g/mol. The maximum Gasteiger partial charge on any atom is 0.255 e. The molecule has 7 nitrogen and oxygen atoms in total. The highest BCUT2D eigenvalue weighted by Gasteiger charge is 2.32. The Hall–Kier alpha value is -1.89. The van der Waals surface area contributed by atoms with Crippen molar-refractivity contribution in [3.63, 3.8) is 0 Å². The van der Waals surface area contributed by atoms with Gasteiger partial charge >= 0.3 is 0 Å². The van der Waals surface area contributed by atoms with Crippen LogP contribution in [-0.2, 0) is 4.79 Å². The van der Waals surface area contributed by atoms with Crippen LogP contribution in [0.1, 0.15) is 12.8 Å². The molecule has 3 heterocycles. The molecule has 1 amide bonds. The lowest BCUT2D eigenvalue weighted by Crippen LogP contribution is -2.42. The van der Waals surface area contributed by atoms with E-state index in [9.17, 15) is 4.79 Å². The van der Waals surface area contributed by atoms with Crippen molar-refractivity contribution in [2.24, 2.45) is 0 Å². The fourth-order valence-electron chi connectivity index (χ4n) is 2.45. The van der Waals surface area contributed by atoms with Gasteiger partial charge in [-0.15, -0.1) is 0 Å². The SMILES string of the molecule is CNC(=O)C1CCCN1c1cc(Cl)nc2ncnn12. The Labute approximate surface area is 114 Å². The van der Waals surface area contributed by atoms with Crippen LogP contribution in [0.25, 0.3) is 5.78 Å². The predicted octanol–water partition coefficient (Wildman–Crippen LogP) is 0.492. The molecule has 19 heavy (non-hydrogen) atoms. The summed E-state index contributed by atoms with van der Waals surface area (Å²) >= 11 is 6.00. The third kappa shape index (κ3) is 1.99. The lowest BCUT2D eigenvalue weighted by atomic mass is 10.2. The van der Waals surface area contributed by atoms with Gasteiger partial charge in [-0.2, -0.15) is 19.6 Å². The monoisotopic (exact) mass is 280 g/mol. The molecule has 100 valence electrons. The minimum Gasteiger partial charge on any atom is -0.357 e. The molecule has 0 aromatic carbocycles. The zero-order chi connectivity index (χ0) is 13.4. The molecule has 2 aromatic rings. The van der Waals surface area contributed by atoms with Crippen LogP contribution < -0.4 is 10.2 Å². The van der Waals surface area contributed by atoms with E-state index in [0.29, 0.717) is 10.9 Å². The Bertz CT molecular complexity index is 627. The Morgan fingerprint density at radius 2 is 2.42 bits per heavy atom. The summed E-state index contributed by atoms with van der Waals surface area (Å²) in [5.74, 6) is 1.18. The zero-order valence-electron chi connectivity index (χ0n) is 10.4. The minimum absolute atomic E-state index is 0.00120. The normalized spacial score (nSPS) is 19.1. The number of carbonyl (C=O) groups excluding carboxylic acids is 1. The van der Waals surface area contributed by atoms with Gasteiger partial charge in [-0.05, 0) is 12.8 Å².